The van der Waals surface area contributed by atoms with Gasteiger partial charge in [0.05, 0.1) is 17.4 Å². The molecular weight excluding hydrogens is 482 g/mol. The summed E-state index contributed by atoms with van der Waals surface area (Å²) < 4.78 is 33.7. The van der Waals surface area contributed by atoms with E-state index in [0.717, 1.165) is 11.1 Å². The number of nitrogens with zero attached hydrogens (tertiary/aromatic N) is 6. The molecule has 0 radical (unpaired) electrons. The van der Waals surface area contributed by atoms with E-state index in [1.165, 1.54) is 10.7 Å². The van der Waals surface area contributed by atoms with E-state index >= 15 is 0 Å². The number of alkyl halides is 2. The summed E-state index contributed by atoms with van der Waals surface area (Å²) in [5, 5.41) is 0.513. The Hall–Kier alpha value is -4.28. The molecule has 0 saturated carbocycles. The lowest BCUT2D eigenvalue weighted by molar-refractivity contribution is -0.129. The summed E-state index contributed by atoms with van der Waals surface area (Å²) in [6.07, 6.45) is 3.47. The van der Waals surface area contributed by atoms with Crippen LogP contribution in [0.1, 0.15) is 12.5 Å². The van der Waals surface area contributed by atoms with Gasteiger partial charge in [-0.15, -0.1) is 0 Å². The fraction of sp³-hybridized carbons (Fsp3) is 0.308. The van der Waals surface area contributed by atoms with E-state index in [1.54, 1.807) is 60.2 Å². The Bertz CT molecular complexity index is 1490. The van der Waals surface area contributed by atoms with Crippen LogP contribution in [0.5, 0.6) is 5.75 Å². The summed E-state index contributed by atoms with van der Waals surface area (Å²) in [7, 11) is 1.64. The molecule has 5 rings (SSSR count). The smallest absolute Gasteiger partial charge is 0.387 e. The third-order valence-electron chi connectivity index (χ3n) is 6.65. The molecule has 1 amide bonds. The number of ether oxygens (including phenoxy) is 1. The zero-order valence-electron chi connectivity index (χ0n) is 20.5. The average molecular weight is 509 g/mol. The number of para-hydroxylation sites is 1. The number of fused-ring (bicyclic) bond motifs is 1. The lowest BCUT2D eigenvalue weighted by Gasteiger charge is -2.34. The zero-order valence-corrected chi connectivity index (χ0v) is 20.5. The van der Waals surface area contributed by atoms with Crippen LogP contribution < -0.4 is 15.2 Å². The molecule has 192 valence electrons. The van der Waals surface area contributed by atoms with Crippen molar-refractivity contribution < 1.29 is 18.3 Å². The van der Waals surface area contributed by atoms with E-state index in [-0.39, 0.29) is 23.8 Å². The summed E-state index contributed by atoms with van der Waals surface area (Å²) in [5.74, 6) is 0.729. The quantitative estimate of drug-likeness (QED) is 0.398. The molecule has 0 spiro atoms. The van der Waals surface area contributed by atoms with Crippen LogP contribution in [0.3, 0.4) is 0 Å². The second kappa shape index (κ2) is 10.00. The van der Waals surface area contributed by atoms with Crippen molar-refractivity contribution in [1.82, 2.24) is 24.2 Å². The fourth-order valence-corrected chi connectivity index (χ4v) is 4.60. The van der Waals surface area contributed by atoms with Gasteiger partial charge in [0.25, 0.3) is 5.56 Å². The molecule has 1 saturated heterocycles. The highest BCUT2D eigenvalue weighted by Crippen LogP contribution is 2.26. The molecular formula is C26H26F2N6O3. The van der Waals surface area contributed by atoms with Crippen molar-refractivity contribution in [3.05, 3.63) is 70.8 Å². The van der Waals surface area contributed by atoms with Gasteiger partial charge >= 0.3 is 6.61 Å². The third-order valence-corrected chi connectivity index (χ3v) is 6.65. The SMILES string of the molecule is CC(=O)N1CCN(c2ncc(-c3ccc4c(=O)n(C)n(Cc5ccccc5OC(F)F)c4c3)cn2)CC1. The van der Waals surface area contributed by atoms with Crippen molar-refractivity contribution in [2.75, 3.05) is 31.1 Å². The van der Waals surface area contributed by atoms with Crippen LogP contribution >= 0.6 is 0 Å². The lowest BCUT2D eigenvalue weighted by Crippen LogP contribution is -2.48. The molecule has 1 fully saturated rings. The van der Waals surface area contributed by atoms with Crippen molar-refractivity contribution in [2.24, 2.45) is 7.05 Å². The monoisotopic (exact) mass is 508 g/mol. The zero-order chi connectivity index (χ0) is 26.1. The molecule has 11 heteroatoms. The number of carbonyl (C=O) groups is 1. The highest BCUT2D eigenvalue weighted by atomic mass is 19.3. The predicted molar refractivity (Wildman–Crippen MR) is 135 cm³/mol. The molecule has 1 aliphatic heterocycles. The Morgan fingerprint density at radius 2 is 1.73 bits per heavy atom. The fourth-order valence-electron chi connectivity index (χ4n) is 4.60. The Labute approximate surface area is 211 Å². The number of halogens is 2. The molecule has 0 atom stereocenters. The standard InChI is InChI=1S/C26H26F2N6O3/c1-17(35)32-9-11-33(12-10-32)26-29-14-20(15-30-26)18-7-8-21-22(13-18)34(31(2)24(21)36)16-19-5-3-4-6-23(19)37-25(27)28/h3-8,13-15,25H,9-12,16H2,1-2H3. The lowest BCUT2D eigenvalue weighted by atomic mass is 10.1. The van der Waals surface area contributed by atoms with E-state index in [1.807, 2.05) is 17.0 Å². The number of anilines is 1. The van der Waals surface area contributed by atoms with Crippen molar-refractivity contribution in [3.8, 4) is 16.9 Å². The van der Waals surface area contributed by atoms with Gasteiger partial charge in [-0.3, -0.25) is 19.0 Å². The number of piperazine rings is 1. The van der Waals surface area contributed by atoms with E-state index in [9.17, 15) is 18.4 Å². The van der Waals surface area contributed by atoms with Gasteiger partial charge in [0.2, 0.25) is 11.9 Å². The van der Waals surface area contributed by atoms with Gasteiger partial charge in [-0.2, -0.15) is 8.78 Å². The van der Waals surface area contributed by atoms with Crippen LogP contribution in [0, 0.1) is 0 Å². The minimum absolute atomic E-state index is 0.0655. The van der Waals surface area contributed by atoms with Crippen LogP contribution in [0.2, 0.25) is 0 Å². The van der Waals surface area contributed by atoms with E-state index in [2.05, 4.69) is 14.7 Å². The van der Waals surface area contributed by atoms with E-state index < -0.39 is 6.61 Å². The first-order valence-corrected chi connectivity index (χ1v) is 11.9. The van der Waals surface area contributed by atoms with Gasteiger partial charge in [0, 0.05) is 63.7 Å². The van der Waals surface area contributed by atoms with Crippen LogP contribution in [-0.4, -0.2) is 62.9 Å². The Morgan fingerprint density at radius 1 is 1.03 bits per heavy atom. The van der Waals surface area contributed by atoms with E-state index in [0.29, 0.717) is 48.6 Å². The number of hydrogen-bond donors (Lipinski definition) is 0. The molecule has 0 aliphatic carbocycles. The van der Waals surface area contributed by atoms with Gasteiger partial charge in [0.15, 0.2) is 0 Å². The maximum absolute atomic E-state index is 12.9. The van der Waals surface area contributed by atoms with E-state index in [4.69, 9.17) is 0 Å². The second-order valence-electron chi connectivity index (χ2n) is 8.87. The van der Waals surface area contributed by atoms with Gasteiger partial charge in [0.1, 0.15) is 5.75 Å². The molecule has 0 bridgehead atoms. The molecule has 2 aromatic carbocycles. The number of carbonyl (C=O) groups excluding carboxylic acids is 1. The summed E-state index contributed by atoms with van der Waals surface area (Å²) in [6, 6.07) is 12.0. The predicted octanol–water partition coefficient (Wildman–Crippen LogP) is 3.12. The minimum Gasteiger partial charge on any atom is -0.434 e. The van der Waals surface area contributed by atoms with Crippen molar-refractivity contribution in [2.45, 2.75) is 20.1 Å². The van der Waals surface area contributed by atoms with Crippen LogP contribution in [-0.2, 0) is 18.4 Å². The third kappa shape index (κ3) is 4.89. The van der Waals surface area contributed by atoms with Crippen molar-refractivity contribution >= 4 is 22.8 Å². The molecule has 0 N–H and O–H groups in total. The first kappa shape index (κ1) is 24.4. The molecule has 9 nitrogen and oxygen atoms in total. The van der Waals surface area contributed by atoms with Gasteiger partial charge in [-0.05, 0) is 23.8 Å². The number of amides is 1. The Balaban J connectivity index is 1.43. The van der Waals surface area contributed by atoms with Crippen molar-refractivity contribution in [3.63, 3.8) is 0 Å². The first-order valence-electron chi connectivity index (χ1n) is 11.9. The summed E-state index contributed by atoms with van der Waals surface area (Å²) in [4.78, 5) is 37.3. The maximum Gasteiger partial charge on any atom is 0.387 e. The first-order chi connectivity index (χ1) is 17.8. The van der Waals surface area contributed by atoms with Crippen LogP contribution in [0.25, 0.3) is 22.0 Å². The number of benzene rings is 2. The highest BCUT2D eigenvalue weighted by molar-refractivity contribution is 5.84. The number of aromatic nitrogens is 4. The molecule has 0 unspecified atom stereocenters. The summed E-state index contributed by atoms with van der Waals surface area (Å²) in [5.41, 5.74) is 2.58. The highest BCUT2D eigenvalue weighted by Gasteiger charge is 2.21. The Morgan fingerprint density at radius 3 is 2.41 bits per heavy atom. The van der Waals surface area contributed by atoms with Crippen LogP contribution in [0.15, 0.2) is 59.7 Å². The number of rotatable bonds is 6. The average Bonchev–Trinajstić information content (AvgIpc) is 3.14. The normalized spacial score (nSPS) is 14.0. The van der Waals surface area contributed by atoms with Crippen molar-refractivity contribution in [1.29, 1.82) is 0 Å². The largest absolute Gasteiger partial charge is 0.434 e. The molecule has 4 aromatic rings. The summed E-state index contributed by atoms with van der Waals surface area (Å²) >= 11 is 0. The van der Waals surface area contributed by atoms with Gasteiger partial charge in [-0.1, -0.05) is 24.3 Å². The van der Waals surface area contributed by atoms with Crippen LogP contribution in [0.4, 0.5) is 14.7 Å². The topological polar surface area (TPSA) is 85.5 Å². The summed E-state index contributed by atoms with van der Waals surface area (Å²) in [6.45, 7) is 1.39. The second-order valence-corrected chi connectivity index (χ2v) is 8.87. The number of hydrogen-bond acceptors (Lipinski definition) is 6. The molecule has 1 aliphatic rings. The molecule has 2 aromatic heterocycles. The Kier molecular flexibility index (Phi) is 6.60. The minimum atomic E-state index is -2.95. The molecule has 37 heavy (non-hydrogen) atoms. The maximum atomic E-state index is 12.9. The van der Waals surface area contributed by atoms with Gasteiger partial charge < -0.3 is 14.5 Å². The van der Waals surface area contributed by atoms with Gasteiger partial charge in [-0.25, -0.2) is 9.97 Å². The molecule has 3 heterocycles.